The van der Waals surface area contributed by atoms with Crippen molar-refractivity contribution in [2.24, 2.45) is 17.8 Å². The molecule has 0 aromatic heterocycles. The first-order chi connectivity index (χ1) is 7.70. The third-order valence-corrected chi connectivity index (χ3v) is 4.59. The third kappa shape index (κ3) is 3.21. The highest BCUT2D eigenvalue weighted by molar-refractivity contribution is 4.85. The van der Waals surface area contributed by atoms with Crippen LogP contribution in [0.2, 0.25) is 0 Å². The van der Waals surface area contributed by atoms with Crippen molar-refractivity contribution in [1.29, 1.82) is 0 Å². The quantitative estimate of drug-likeness (QED) is 0.771. The molecule has 16 heavy (non-hydrogen) atoms. The van der Waals surface area contributed by atoms with Crippen LogP contribution in [-0.2, 0) is 0 Å². The summed E-state index contributed by atoms with van der Waals surface area (Å²) in [6.45, 7) is 12.2. The van der Waals surface area contributed by atoms with Crippen molar-refractivity contribution in [2.75, 3.05) is 26.2 Å². The second-order valence-electron chi connectivity index (χ2n) is 6.02. The predicted molar refractivity (Wildman–Crippen MR) is 69.6 cm³/mol. The highest BCUT2D eigenvalue weighted by atomic mass is 15.2. The molecule has 94 valence electrons. The Morgan fingerprint density at radius 2 is 2.00 bits per heavy atom. The van der Waals surface area contributed by atoms with Crippen LogP contribution in [0.4, 0.5) is 0 Å². The Hall–Kier alpha value is -0.0800. The number of nitrogens with one attached hydrogen (secondary N) is 1. The summed E-state index contributed by atoms with van der Waals surface area (Å²) >= 11 is 0. The maximum Gasteiger partial charge on any atom is 0.0221 e. The third-order valence-electron chi connectivity index (χ3n) is 4.59. The normalized spacial score (nSPS) is 31.3. The van der Waals surface area contributed by atoms with Gasteiger partial charge in [-0.05, 0) is 30.6 Å². The molecule has 1 saturated carbocycles. The van der Waals surface area contributed by atoms with E-state index in [1.807, 2.05) is 0 Å². The monoisotopic (exact) mass is 224 g/mol. The SMILES string of the molecule is CCC(C)C1CN(CC(C)C2CC2)CCN1. The van der Waals surface area contributed by atoms with Crippen molar-refractivity contribution in [1.82, 2.24) is 10.2 Å². The molecule has 1 aliphatic carbocycles. The van der Waals surface area contributed by atoms with Gasteiger partial charge < -0.3 is 10.2 Å². The molecule has 3 unspecified atom stereocenters. The summed E-state index contributed by atoms with van der Waals surface area (Å²) in [5.41, 5.74) is 0. The van der Waals surface area contributed by atoms with Gasteiger partial charge >= 0.3 is 0 Å². The van der Waals surface area contributed by atoms with E-state index in [0.29, 0.717) is 0 Å². The summed E-state index contributed by atoms with van der Waals surface area (Å²) in [5.74, 6) is 2.80. The van der Waals surface area contributed by atoms with Crippen LogP contribution in [0, 0.1) is 17.8 Å². The summed E-state index contributed by atoms with van der Waals surface area (Å²) in [6.07, 6.45) is 4.27. The molecule has 1 N–H and O–H groups in total. The number of rotatable bonds is 5. The van der Waals surface area contributed by atoms with E-state index in [9.17, 15) is 0 Å². The van der Waals surface area contributed by atoms with Crippen LogP contribution in [0.5, 0.6) is 0 Å². The summed E-state index contributed by atoms with van der Waals surface area (Å²) in [4.78, 5) is 2.69. The molecule has 0 bridgehead atoms. The molecule has 1 aliphatic heterocycles. The Kier molecular flexibility index (Phi) is 4.26. The van der Waals surface area contributed by atoms with E-state index in [1.54, 1.807) is 0 Å². The second kappa shape index (κ2) is 5.50. The molecule has 2 heteroatoms. The summed E-state index contributed by atoms with van der Waals surface area (Å²) < 4.78 is 0. The van der Waals surface area contributed by atoms with Gasteiger partial charge in [0.2, 0.25) is 0 Å². The lowest BCUT2D eigenvalue weighted by Gasteiger charge is -2.37. The van der Waals surface area contributed by atoms with Gasteiger partial charge in [-0.15, -0.1) is 0 Å². The van der Waals surface area contributed by atoms with Gasteiger partial charge in [0.1, 0.15) is 0 Å². The number of piperazine rings is 1. The van der Waals surface area contributed by atoms with Crippen LogP contribution in [-0.4, -0.2) is 37.1 Å². The lowest BCUT2D eigenvalue weighted by Crippen LogP contribution is -2.54. The highest BCUT2D eigenvalue weighted by Gasteiger charge is 2.31. The molecule has 0 aromatic rings. The minimum absolute atomic E-state index is 0.727. The van der Waals surface area contributed by atoms with Gasteiger partial charge in [-0.1, -0.05) is 27.2 Å². The zero-order valence-electron chi connectivity index (χ0n) is 11.2. The molecule has 0 aromatic carbocycles. The Balaban J connectivity index is 1.76. The highest BCUT2D eigenvalue weighted by Crippen LogP contribution is 2.37. The Morgan fingerprint density at radius 3 is 2.62 bits per heavy atom. The van der Waals surface area contributed by atoms with E-state index in [4.69, 9.17) is 0 Å². The molecule has 0 spiro atoms. The molecule has 2 fully saturated rings. The van der Waals surface area contributed by atoms with E-state index in [0.717, 1.165) is 23.8 Å². The molecule has 1 heterocycles. The second-order valence-corrected chi connectivity index (χ2v) is 6.02. The Morgan fingerprint density at radius 1 is 1.25 bits per heavy atom. The average Bonchev–Trinajstić information content (AvgIpc) is 3.12. The Labute approximate surface area is 101 Å². The maximum absolute atomic E-state index is 3.68. The number of nitrogens with zero attached hydrogens (tertiary/aromatic N) is 1. The number of hydrogen-bond acceptors (Lipinski definition) is 2. The fraction of sp³-hybridized carbons (Fsp3) is 1.00. The van der Waals surface area contributed by atoms with Crippen LogP contribution < -0.4 is 5.32 Å². The van der Waals surface area contributed by atoms with E-state index in [-0.39, 0.29) is 0 Å². The van der Waals surface area contributed by atoms with Crippen molar-refractivity contribution in [2.45, 2.75) is 46.1 Å². The number of hydrogen-bond donors (Lipinski definition) is 1. The van der Waals surface area contributed by atoms with E-state index in [2.05, 4.69) is 31.0 Å². The molecular weight excluding hydrogens is 196 g/mol. The maximum atomic E-state index is 3.68. The minimum Gasteiger partial charge on any atom is -0.311 e. The van der Waals surface area contributed by atoms with Crippen LogP contribution >= 0.6 is 0 Å². The predicted octanol–water partition coefficient (Wildman–Crippen LogP) is 2.35. The van der Waals surface area contributed by atoms with Gasteiger partial charge in [0, 0.05) is 32.2 Å². The van der Waals surface area contributed by atoms with E-state index in [1.165, 1.54) is 45.4 Å². The Bertz CT molecular complexity index is 213. The zero-order chi connectivity index (χ0) is 11.5. The van der Waals surface area contributed by atoms with Crippen LogP contribution in [0.25, 0.3) is 0 Å². The molecule has 0 radical (unpaired) electrons. The van der Waals surface area contributed by atoms with Crippen molar-refractivity contribution in [3.8, 4) is 0 Å². The van der Waals surface area contributed by atoms with Gasteiger partial charge in [-0.2, -0.15) is 0 Å². The van der Waals surface area contributed by atoms with Crippen LogP contribution in [0.3, 0.4) is 0 Å². The van der Waals surface area contributed by atoms with E-state index < -0.39 is 0 Å². The van der Waals surface area contributed by atoms with Gasteiger partial charge in [-0.3, -0.25) is 0 Å². The van der Waals surface area contributed by atoms with Crippen molar-refractivity contribution < 1.29 is 0 Å². The topological polar surface area (TPSA) is 15.3 Å². The van der Waals surface area contributed by atoms with Crippen molar-refractivity contribution in [3.63, 3.8) is 0 Å². The fourth-order valence-corrected chi connectivity index (χ4v) is 2.90. The molecule has 2 nitrogen and oxygen atoms in total. The molecule has 3 atom stereocenters. The first kappa shape index (κ1) is 12.4. The largest absolute Gasteiger partial charge is 0.311 e. The lowest BCUT2D eigenvalue weighted by atomic mass is 9.96. The van der Waals surface area contributed by atoms with Crippen LogP contribution in [0.1, 0.15) is 40.0 Å². The lowest BCUT2D eigenvalue weighted by molar-refractivity contribution is 0.146. The molecule has 0 amide bonds. The van der Waals surface area contributed by atoms with E-state index >= 15 is 0 Å². The fourth-order valence-electron chi connectivity index (χ4n) is 2.90. The summed E-state index contributed by atoms with van der Waals surface area (Å²) in [5, 5.41) is 3.68. The first-order valence-electron chi connectivity index (χ1n) is 7.16. The van der Waals surface area contributed by atoms with Crippen LogP contribution in [0.15, 0.2) is 0 Å². The summed E-state index contributed by atoms with van der Waals surface area (Å²) in [7, 11) is 0. The van der Waals surface area contributed by atoms with Crippen molar-refractivity contribution in [3.05, 3.63) is 0 Å². The van der Waals surface area contributed by atoms with Gasteiger partial charge in [0.15, 0.2) is 0 Å². The van der Waals surface area contributed by atoms with Gasteiger partial charge in [0.05, 0.1) is 0 Å². The average molecular weight is 224 g/mol. The zero-order valence-corrected chi connectivity index (χ0v) is 11.2. The molecular formula is C14H28N2. The minimum atomic E-state index is 0.727. The molecule has 1 saturated heterocycles. The summed E-state index contributed by atoms with van der Waals surface area (Å²) in [6, 6.07) is 0.727. The first-order valence-corrected chi connectivity index (χ1v) is 7.16. The van der Waals surface area contributed by atoms with Gasteiger partial charge in [-0.25, -0.2) is 0 Å². The molecule has 2 aliphatic rings. The van der Waals surface area contributed by atoms with Crippen molar-refractivity contribution >= 4 is 0 Å². The molecule has 2 rings (SSSR count). The smallest absolute Gasteiger partial charge is 0.0221 e. The van der Waals surface area contributed by atoms with Gasteiger partial charge in [0.25, 0.3) is 0 Å². The standard InChI is InChI=1S/C14H28N2/c1-4-11(2)14-10-16(8-7-15-14)9-12(3)13-5-6-13/h11-15H,4-10H2,1-3H3.